The van der Waals surface area contributed by atoms with E-state index in [1.807, 2.05) is 0 Å². The number of hydrogen-bond donors (Lipinski definition) is 1. The number of hydrogen-bond acceptors (Lipinski definition) is 3. The van der Waals surface area contributed by atoms with Gasteiger partial charge in [0.05, 0.1) is 22.7 Å². The minimum atomic E-state index is -1.03. The number of rotatable bonds is 4. The molecule has 0 saturated carbocycles. The Bertz CT molecular complexity index is 564. The lowest BCUT2D eigenvalue weighted by Gasteiger charge is -2.21. The van der Waals surface area contributed by atoms with Gasteiger partial charge in [0.25, 0.3) is 0 Å². The smallest absolute Gasteiger partial charge is 0.308 e. The zero-order valence-electron chi connectivity index (χ0n) is 10.7. The van der Waals surface area contributed by atoms with Crippen LogP contribution in [0.15, 0.2) is 16.6 Å². The van der Waals surface area contributed by atoms with Crippen molar-refractivity contribution in [3.63, 3.8) is 0 Å². The Morgan fingerprint density at radius 2 is 2.30 bits per heavy atom. The van der Waals surface area contributed by atoms with E-state index in [1.54, 1.807) is 6.92 Å². The van der Waals surface area contributed by atoms with Crippen molar-refractivity contribution in [2.45, 2.75) is 13.3 Å². The van der Waals surface area contributed by atoms with Crippen LogP contribution < -0.4 is 9.64 Å². The van der Waals surface area contributed by atoms with Crippen LogP contribution in [0.5, 0.6) is 5.75 Å². The largest absolute Gasteiger partial charge is 0.490 e. The maximum Gasteiger partial charge on any atom is 0.308 e. The monoisotopic (exact) mass is 345 g/mol. The normalized spacial score (nSPS) is 18.4. The fraction of sp³-hybridized carbons (Fsp3) is 0.385. The van der Waals surface area contributed by atoms with Crippen molar-refractivity contribution >= 4 is 33.5 Å². The molecule has 1 heterocycles. The van der Waals surface area contributed by atoms with Crippen molar-refractivity contribution in [2.24, 2.45) is 5.92 Å². The van der Waals surface area contributed by atoms with Gasteiger partial charge in [-0.15, -0.1) is 0 Å². The maximum atomic E-state index is 13.5. The topological polar surface area (TPSA) is 66.8 Å². The Morgan fingerprint density at radius 1 is 1.60 bits per heavy atom. The van der Waals surface area contributed by atoms with Gasteiger partial charge in [0.2, 0.25) is 5.91 Å². The second kappa shape index (κ2) is 5.78. The summed E-state index contributed by atoms with van der Waals surface area (Å²) in [5.41, 5.74) is 0.257. The van der Waals surface area contributed by atoms with Gasteiger partial charge in [-0.05, 0) is 28.9 Å². The number of carbonyl (C=O) groups is 2. The molecule has 1 unspecified atom stereocenters. The summed E-state index contributed by atoms with van der Waals surface area (Å²) in [6.07, 6.45) is -0.0883. The summed E-state index contributed by atoms with van der Waals surface area (Å²) in [5, 5.41) is 8.98. The molecule has 1 aliphatic rings. The predicted molar refractivity (Wildman–Crippen MR) is 73.4 cm³/mol. The van der Waals surface area contributed by atoms with Crippen molar-refractivity contribution < 1.29 is 23.8 Å². The third kappa shape index (κ3) is 2.77. The second-order valence-electron chi connectivity index (χ2n) is 4.41. The van der Waals surface area contributed by atoms with Gasteiger partial charge in [0, 0.05) is 19.0 Å². The van der Waals surface area contributed by atoms with Crippen LogP contribution in [0, 0.1) is 11.7 Å². The van der Waals surface area contributed by atoms with Crippen molar-refractivity contribution in [2.75, 3.05) is 18.1 Å². The molecule has 5 nitrogen and oxygen atoms in total. The molecule has 1 amide bonds. The molecule has 0 spiro atoms. The highest BCUT2D eigenvalue weighted by molar-refractivity contribution is 9.10. The highest BCUT2D eigenvalue weighted by atomic mass is 79.9. The molecular formula is C13H13BrFNO4. The lowest BCUT2D eigenvalue weighted by Crippen LogP contribution is -2.26. The van der Waals surface area contributed by atoms with Gasteiger partial charge in [0.15, 0.2) is 5.75 Å². The molecule has 1 N–H and O–H groups in total. The van der Waals surface area contributed by atoms with Crippen LogP contribution in [0.3, 0.4) is 0 Å². The number of nitrogens with zero attached hydrogens (tertiary/aromatic N) is 1. The Kier molecular flexibility index (Phi) is 4.27. The number of carbonyl (C=O) groups excluding carboxylic acids is 1. The molecule has 1 fully saturated rings. The van der Waals surface area contributed by atoms with Gasteiger partial charge in [-0.2, -0.15) is 0 Å². The van der Waals surface area contributed by atoms with E-state index in [4.69, 9.17) is 9.84 Å². The first-order valence-corrected chi connectivity index (χ1v) is 6.88. The van der Waals surface area contributed by atoms with E-state index < -0.39 is 17.7 Å². The van der Waals surface area contributed by atoms with E-state index in [2.05, 4.69) is 15.9 Å². The van der Waals surface area contributed by atoms with Gasteiger partial charge < -0.3 is 14.7 Å². The average Bonchev–Trinajstić information content (AvgIpc) is 2.75. The summed E-state index contributed by atoms with van der Waals surface area (Å²) in [7, 11) is 0. The highest BCUT2D eigenvalue weighted by Crippen LogP contribution is 2.39. The van der Waals surface area contributed by atoms with E-state index in [-0.39, 0.29) is 24.6 Å². The van der Waals surface area contributed by atoms with Crippen LogP contribution >= 0.6 is 15.9 Å². The summed E-state index contributed by atoms with van der Waals surface area (Å²) in [6.45, 7) is 2.14. The average molecular weight is 346 g/mol. The number of carboxylic acid groups (broad SMARTS) is 1. The zero-order valence-corrected chi connectivity index (χ0v) is 12.3. The number of halogens is 2. The van der Waals surface area contributed by atoms with Crippen molar-refractivity contribution in [3.8, 4) is 5.75 Å². The molecule has 2 rings (SSSR count). The number of amides is 1. The molecule has 7 heteroatoms. The molecule has 0 bridgehead atoms. The molecular weight excluding hydrogens is 333 g/mol. The summed E-state index contributed by atoms with van der Waals surface area (Å²) in [6, 6.07) is 2.42. The molecule has 0 radical (unpaired) electrons. The lowest BCUT2D eigenvalue weighted by atomic mass is 10.1. The molecule has 0 aliphatic carbocycles. The van der Waals surface area contributed by atoms with E-state index in [0.717, 1.165) is 0 Å². The molecule has 1 saturated heterocycles. The Balaban J connectivity index is 2.41. The van der Waals surface area contributed by atoms with E-state index >= 15 is 0 Å². The number of aliphatic carboxylic acids is 1. The van der Waals surface area contributed by atoms with Gasteiger partial charge in [-0.1, -0.05) is 0 Å². The van der Waals surface area contributed by atoms with Gasteiger partial charge >= 0.3 is 5.97 Å². The first-order valence-electron chi connectivity index (χ1n) is 6.09. The highest BCUT2D eigenvalue weighted by Gasteiger charge is 2.36. The Labute approximate surface area is 123 Å². The van der Waals surface area contributed by atoms with Crippen LogP contribution in [-0.4, -0.2) is 30.1 Å². The van der Waals surface area contributed by atoms with E-state index in [0.29, 0.717) is 16.8 Å². The van der Waals surface area contributed by atoms with E-state index in [1.165, 1.54) is 17.0 Å². The first-order chi connectivity index (χ1) is 9.43. The van der Waals surface area contributed by atoms with Gasteiger partial charge in [-0.25, -0.2) is 4.39 Å². The molecule has 1 aliphatic heterocycles. The number of benzene rings is 1. The van der Waals surface area contributed by atoms with Crippen molar-refractivity contribution in [3.05, 3.63) is 22.4 Å². The molecule has 1 aromatic rings. The third-order valence-corrected chi connectivity index (χ3v) is 3.63. The Morgan fingerprint density at radius 3 is 2.85 bits per heavy atom. The lowest BCUT2D eigenvalue weighted by molar-refractivity contribution is -0.141. The van der Waals surface area contributed by atoms with Crippen molar-refractivity contribution in [1.82, 2.24) is 0 Å². The third-order valence-electron chi connectivity index (χ3n) is 3.04. The minimum Gasteiger partial charge on any atom is -0.490 e. The van der Waals surface area contributed by atoms with Crippen LogP contribution in [0.1, 0.15) is 13.3 Å². The van der Waals surface area contributed by atoms with Crippen molar-refractivity contribution in [1.29, 1.82) is 0 Å². The standard InChI is InChI=1S/C13H13BrFNO4/c1-2-20-12-9(14)4-8(15)5-10(12)16-6-7(13(18)19)3-11(16)17/h4-5,7H,2-3,6H2,1H3,(H,18,19). The van der Waals surface area contributed by atoms with E-state index in [9.17, 15) is 14.0 Å². The summed E-state index contributed by atoms with van der Waals surface area (Å²) in [5.74, 6) is -2.35. The second-order valence-corrected chi connectivity index (χ2v) is 5.27. The Hall–Kier alpha value is -1.63. The fourth-order valence-electron chi connectivity index (χ4n) is 2.14. The number of carboxylic acids is 1. The van der Waals surface area contributed by atoms with Gasteiger partial charge in [0.1, 0.15) is 5.82 Å². The zero-order chi connectivity index (χ0) is 14.9. The molecule has 1 atom stereocenters. The van der Waals surface area contributed by atoms with Crippen LogP contribution in [-0.2, 0) is 9.59 Å². The van der Waals surface area contributed by atoms with Crippen LogP contribution in [0.4, 0.5) is 10.1 Å². The summed E-state index contributed by atoms with van der Waals surface area (Å²) >= 11 is 3.19. The van der Waals surface area contributed by atoms with Crippen LogP contribution in [0.25, 0.3) is 0 Å². The fourth-order valence-corrected chi connectivity index (χ4v) is 2.68. The summed E-state index contributed by atoms with van der Waals surface area (Å²) in [4.78, 5) is 24.2. The molecule has 1 aromatic carbocycles. The quantitative estimate of drug-likeness (QED) is 0.909. The van der Waals surface area contributed by atoms with Crippen LogP contribution in [0.2, 0.25) is 0 Å². The molecule has 20 heavy (non-hydrogen) atoms. The van der Waals surface area contributed by atoms with Gasteiger partial charge in [-0.3, -0.25) is 9.59 Å². The summed E-state index contributed by atoms with van der Waals surface area (Å²) < 4.78 is 19.4. The first kappa shape index (κ1) is 14.8. The molecule has 108 valence electrons. The SMILES string of the molecule is CCOc1c(Br)cc(F)cc1N1CC(C(=O)O)CC1=O. The molecule has 0 aromatic heterocycles. The number of ether oxygens (including phenoxy) is 1. The number of anilines is 1. The minimum absolute atomic E-state index is 0.0180. The predicted octanol–water partition coefficient (Wildman–Crippen LogP) is 2.42. The maximum absolute atomic E-state index is 13.5.